The topological polar surface area (TPSA) is 42.2 Å². The first-order valence-electron chi connectivity index (χ1n) is 5.32. The zero-order chi connectivity index (χ0) is 13.3. The first-order valence-corrected chi connectivity index (χ1v) is 5.32. The van der Waals surface area contributed by atoms with Crippen LogP contribution in [0.15, 0.2) is 30.5 Å². The molecule has 1 heterocycles. The summed E-state index contributed by atoms with van der Waals surface area (Å²) < 4.78 is 27.7. The van der Waals surface area contributed by atoms with Crippen LogP contribution < -0.4 is 0 Å². The van der Waals surface area contributed by atoms with Crippen molar-refractivity contribution in [1.82, 2.24) is 4.57 Å². The van der Waals surface area contributed by atoms with Crippen LogP contribution in [0.4, 0.5) is 8.78 Å². The number of carboxylic acids is 1. The van der Waals surface area contributed by atoms with E-state index in [1.54, 1.807) is 19.2 Å². The highest BCUT2D eigenvalue weighted by Crippen LogP contribution is 2.15. The molecule has 94 valence electrons. The van der Waals surface area contributed by atoms with Crippen molar-refractivity contribution in [3.63, 3.8) is 0 Å². The van der Waals surface area contributed by atoms with Crippen molar-refractivity contribution in [1.29, 1.82) is 0 Å². The highest BCUT2D eigenvalue weighted by atomic mass is 19.1. The van der Waals surface area contributed by atoms with Gasteiger partial charge in [-0.1, -0.05) is 6.07 Å². The molecular formula is C13H11F2NO2. The Kier molecular flexibility index (Phi) is 3.14. The van der Waals surface area contributed by atoms with Crippen LogP contribution in [0, 0.1) is 18.6 Å². The molecule has 0 bridgehead atoms. The summed E-state index contributed by atoms with van der Waals surface area (Å²) in [4.78, 5) is 11.1. The van der Waals surface area contributed by atoms with Crippen molar-refractivity contribution in [3.8, 4) is 0 Å². The molecule has 1 aromatic heterocycles. The van der Waals surface area contributed by atoms with E-state index in [2.05, 4.69) is 0 Å². The summed E-state index contributed by atoms with van der Waals surface area (Å²) in [6.45, 7) is 1.72. The number of aromatic carboxylic acids is 1. The summed E-state index contributed by atoms with van der Waals surface area (Å²) in [5, 5.41) is 9.05. The Balaban J connectivity index is 2.37. The smallest absolute Gasteiger partial charge is 0.352 e. The van der Waals surface area contributed by atoms with E-state index in [1.165, 1.54) is 10.6 Å². The van der Waals surface area contributed by atoms with Gasteiger partial charge in [-0.3, -0.25) is 0 Å². The van der Waals surface area contributed by atoms with Gasteiger partial charge >= 0.3 is 5.97 Å². The van der Waals surface area contributed by atoms with Gasteiger partial charge in [0.05, 0.1) is 6.54 Å². The quantitative estimate of drug-likeness (QED) is 0.911. The van der Waals surface area contributed by atoms with Gasteiger partial charge in [0.25, 0.3) is 0 Å². The Labute approximate surface area is 102 Å². The highest BCUT2D eigenvalue weighted by molar-refractivity contribution is 5.87. The third-order valence-electron chi connectivity index (χ3n) is 2.72. The average molecular weight is 251 g/mol. The molecule has 0 radical (unpaired) electrons. The summed E-state index contributed by atoms with van der Waals surface area (Å²) in [5.74, 6) is -2.41. The standard InChI is InChI=1S/C13H11F2NO2/c1-8-4-5-16(12(8)13(17)18)7-9-2-3-10(14)6-11(9)15/h2-6H,7H2,1H3,(H,17,18). The normalized spacial score (nSPS) is 10.6. The number of rotatable bonds is 3. The molecule has 0 unspecified atom stereocenters. The summed E-state index contributed by atoms with van der Waals surface area (Å²) in [6.07, 6.45) is 1.57. The van der Waals surface area contributed by atoms with Crippen molar-refractivity contribution in [2.45, 2.75) is 13.5 Å². The summed E-state index contributed by atoms with van der Waals surface area (Å²) >= 11 is 0. The van der Waals surface area contributed by atoms with Crippen LogP contribution in [0.2, 0.25) is 0 Å². The van der Waals surface area contributed by atoms with Gasteiger partial charge in [-0.25, -0.2) is 13.6 Å². The van der Waals surface area contributed by atoms with Crippen LogP contribution in [0.1, 0.15) is 21.6 Å². The Bertz CT molecular complexity index is 605. The van der Waals surface area contributed by atoms with E-state index >= 15 is 0 Å². The predicted molar refractivity (Wildman–Crippen MR) is 61.6 cm³/mol. The van der Waals surface area contributed by atoms with Crippen molar-refractivity contribution in [3.05, 3.63) is 58.9 Å². The number of carbonyl (C=O) groups is 1. The number of halogens is 2. The maximum Gasteiger partial charge on any atom is 0.352 e. The molecule has 2 rings (SSSR count). The van der Waals surface area contributed by atoms with Crippen LogP contribution >= 0.6 is 0 Å². The lowest BCUT2D eigenvalue weighted by atomic mass is 10.2. The summed E-state index contributed by atoms with van der Waals surface area (Å²) in [5.41, 5.74) is 0.957. The van der Waals surface area contributed by atoms with Crippen molar-refractivity contribution in [2.24, 2.45) is 0 Å². The molecule has 1 N–H and O–H groups in total. The molecule has 0 aliphatic rings. The molecule has 2 aromatic rings. The summed E-state index contributed by atoms with van der Waals surface area (Å²) in [6, 6.07) is 4.89. The van der Waals surface area contributed by atoms with Crippen LogP contribution in [0.25, 0.3) is 0 Å². The number of carboxylic acid groups (broad SMARTS) is 1. The third-order valence-corrected chi connectivity index (χ3v) is 2.72. The average Bonchev–Trinajstić information content (AvgIpc) is 2.64. The molecule has 0 aliphatic heterocycles. The minimum absolute atomic E-state index is 0.0571. The molecule has 0 aliphatic carbocycles. The van der Waals surface area contributed by atoms with Gasteiger partial charge in [-0.15, -0.1) is 0 Å². The van der Waals surface area contributed by atoms with E-state index < -0.39 is 17.6 Å². The lowest BCUT2D eigenvalue weighted by Crippen LogP contribution is -2.11. The molecule has 0 saturated heterocycles. The predicted octanol–water partition coefficient (Wildman–Crippen LogP) is 2.82. The van der Waals surface area contributed by atoms with Gasteiger partial charge in [-0.2, -0.15) is 0 Å². The molecular weight excluding hydrogens is 240 g/mol. The molecule has 1 aromatic carbocycles. The number of nitrogens with zero attached hydrogens (tertiary/aromatic N) is 1. The van der Waals surface area contributed by atoms with Crippen molar-refractivity contribution >= 4 is 5.97 Å². The maximum absolute atomic E-state index is 13.5. The monoisotopic (exact) mass is 251 g/mol. The van der Waals surface area contributed by atoms with Gasteiger partial charge < -0.3 is 9.67 Å². The van der Waals surface area contributed by atoms with E-state index in [1.807, 2.05) is 0 Å². The van der Waals surface area contributed by atoms with E-state index in [4.69, 9.17) is 5.11 Å². The minimum Gasteiger partial charge on any atom is -0.477 e. The first kappa shape index (κ1) is 12.3. The van der Waals surface area contributed by atoms with E-state index in [0.717, 1.165) is 12.1 Å². The van der Waals surface area contributed by atoms with Crippen molar-refractivity contribution < 1.29 is 18.7 Å². The van der Waals surface area contributed by atoms with Gasteiger partial charge in [0, 0.05) is 17.8 Å². The molecule has 0 spiro atoms. The Morgan fingerprint density at radius 3 is 2.67 bits per heavy atom. The Morgan fingerprint density at radius 2 is 2.06 bits per heavy atom. The fourth-order valence-electron chi connectivity index (χ4n) is 1.84. The lowest BCUT2D eigenvalue weighted by molar-refractivity contribution is 0.0685. The van der Waals surface area contributed by atoms with Crippen LogP contribution in [0.5, 0.6) is 0 Å². The molecule has 0 saturated carbocycles. The highest BCUT2D eigenvalue weighted by Gasteiger charge is 2.14. The number of hydrogen-bond donors (Lipinski definition) is 1. The Hall–Kier alpha value is -2.17. The second-order valence-corrected chi connectivity index (χ2v) is 4.02. The molecule has 0 fully saturated rings. The number of aryl methyl sites for hydroxylation is 1. The molecule has 5 heteroatoms. The van der Waals surface area contributed by atoms with Crippen LogP contribution in [0.3, 0.4) is 0 Å². The molecule has 0 atom stereocenters. The number of hydrogen-bond acceptors (Lipinski definition) is 1. The summed E-state index contributed by atoms with van der Waals surface area (Å²) in [7, 11) is 0. The second-order valence-electron chi connectivity index (χ2n) is 4.02. The second kappa shape index (κ2) is 4.60. The minimum atomic E-state index is -1.07. The largest absolute Gasteiger partial charge is 0.477 e. The lowest BCUT2D eigenvalue weighted by Gasteiger charge is -2.08. The molecule has 0 amide bonds. The van der Waals surface area contributed by atoms with Gasteiger partial charge in [0.15, 0.2) is 0 Å². The van der Waals surface area contributed by atoms with Gasteiger partial charge in [-0.05, 0) is 24.6 Å². The number of benzene rings is 1. The molecule has 3 nitrogen and oxygen atoms in total. The zero-order valence-electron chi connectivity index (χ0n) is 9.65. The number of aromatic nitrogens is 1. The Morgan fingerprint density at radius 1 is 1.33 bits per heavy atom. The van der Waals surface area contributed by atoms with E-state index in [-0.39, 0.29) is 17.8 Å². The van der Waals surface area contributed by atoms with Gasteiger partial charge in [0.2, 0.25) is 0 Å². The van der Waals surface area contributed by atoms with Crippen molar-refractivity contribution in [2.75, 3.05) is 0 Å². The SMILES string of the molecule is Cc1ccn(Cc2ccc(F)cc2F)c1C(=O)O. The third kappa shape index (κ3) is 2.25. The molecule has 18 heavy (non-hydrogen) atoms. The maximum atomic E-state index is 13.5. The zero-order valence-corrected chi connectivity index (χ0v) is 9.65. The van der Waals surface area contributed by atoms with E-state index in [9.17, 15) is 13.6 Å². The van der Waals surface area contributed by atoms with Crippen LogP contribution in [-0.2, 0) is 6.54 Å². The van der Waals surface area contributed by atoms with E-state index in [0.29, 0.717) is 5.56 Å². The fraction of sp³-hybridized carbons (Fsp3) is 0.154. The first-order chi connectivity index (χ1) is 8.49. The van der Waals surface area contributed by atoms with Crippen LogP contribution in [-0.4, -0.2) is 15.6 Å². The van der Waals surface area contributed by atoms with Gasteiger partial charge in [0.1, 0.15) is 17.3 Å². The fourth-order valence-corrected chi connectivity index (χ4v) is 1.84.